The quantitative estimate of drug-likeness (QED) is 0.161. The van der Waals surface area contributed by atoms with Crippen molar-refractivity contribution in [1.82, 2.24) is 4.57 Å². The molecule has 0 bridgehead atoms. The molecule has 0 atom stereocenters. The Hall–Kier alpha value is -7.60. The van der Waals surface area contributed by atoms with Gasteiger partial charge in [-0.1, -0.05) is 115 Å². The van der Waals surface area contributed by atoms with Crippen molar-refractivity contribution in [2.24, 2.45) is 0 Å². The molecule has 3 aromatic heterocycles. The van der Waals surface area contributed by atoms with Gasteiger partial charge in [-0.25, -0.2) is 0 Å². The van der Waals surface area contributed by atoms with Gasteiger partial charge in [-0.2, -0.15) is 0 Å². The van der Waals surface area contributed by atoms with E-state index in [4.69, 9.17) is 4.42 Å². The predicted molar refractivity (Wildman–Crippen MR) is 255 cm³/mol. The molecule has 0 amide bonds. The van der Waals surface area contributed by atoms with Crippen molar-refractivity contribution in [3.8, 4) is 5.69 Å². The van der Waals surface area contributed by atoms with Crippen LogP contribution >= 0.6 is 11.3 Å². The summed E-state index contributed by atoms with van der Waals surface area (Å²) in [6, 6.07) is 74.0. The fourth-order valence-corrected chi connectivity index (χ4v) is 10.4. The highest BCUT2D eigenvalue weighted by Gasteiger charge is 2.23. The van der Waals surface area contributed by atoms with E-state index in [0.717, 1.165) is 61.6 Å². The Kier molecular flexibility index (Phi) is 7.90. The SMILES string of the molecule is Cc1ccccc1N(c1ccccc1)c1ccc2c(c1)sc1c2c2ccc(N(c3ccccc3)c3ccc4c(c3)oc3ccc5ccccc5c34)cc2n1-c1ccccc1. The average Bonchev–Trinajstić information content (AvgIpc) is 3.96. The van der Waals surface area contributed by atoms with Crippen molar-refractivity contribution in [3.05, 3.63) is 212 Å². The molecule has 0 unspecified atom stereocenters. The molecule has 0 fully saturated rings. The van der Waals surface area contributed by atoms with E-state index in [1.165, 1.54) is 47.7 Å². The van der Waals surface area contributed by atoms with Crippen molar-refractivity contribution in [1.29, 1.82) is 0 Å². The molecule has 0 radical (unpaired) electrons. The lowest BCUT2D eigenvalue weighted by molar-refractivity contribution is 0.669. The van der Waals surface area contributed by atoms with E-state index < -0.39 is 0 Å². The summed E-state index contributed by atoms with van der Waals surface area (Å²) in [6.45, 7) is 2.18. The molecule has 0 spiro atoms. The number of rotatable bonds is 7. The highest BCUT2D eigenvalue weighted by molar-refractivity contribution is 7.25. The van der Waals surface area contributed by atoms with Crippen LogP contribution in [-0.4, -0.2) is 4.57 Å². The fraction of sp³-hybridized carbons (Fsp3) is 0.0182. The lowest BCUT2D eigenvalue weighted by Gasteiger charge is -2.27. The number of aromatic nitrogens is 1. The first-order chi connectivity index (χ1) is 29.7. The maximum absolute atomic E-state index is 6.59. The van der Waals surface area contributed by atoms with Gasteiger partial charge in [-0.3, -0.25) is 0 Å². The number of anilines is 6. The monoisotopic (exact) mass is 787 g/mol. The maximum Gasteiger partial charge on any atom is 0.137 e. The van der Waals surface area contributed by atoms with Crippen LogP contribution in [0.3, 0.4) is 0 Å². The minimum Gasteiger partial charge on any atom is -0.456 e. The van der Waals surface area contributed by atoms with Crippen molar-refractivity contribution in [3.63, 3.8) is 0 Å². The molecular weight excluding hydrogens is 751 g/mol. The largest absolute Gasteiger partial charge is 0.456 e. The Morgan fingerprint density at radius 2 is 1.05 bits per heavy atom. The van der Waals surface area contributed by atoms with Crippen molar-refractivity contribution >= 4 is 109 Å². The molecule has 0 N–H and O–H groups in total. The number of benzene rings is 9. The second kappa shape index (κ2) is 13.8. The molecule has 12 aromatic rings. The van der Waals surface area contributed by atoms with Crippen LogP contribution in [0.15, 0.2) is 211 Å². The Morgan fingerprint density at radius 1 is 0.433 bits per heavy atom. The summed E-state index contributed by atoms with van der Waals surface area (Å²) in [4.78, 5) is 5.94. The fourth-order valence-electron chi connectivity index (χ4n) is 9.14. The second-order valence-corrected chi connectivity index (χ2v) is 16.4. The van der Waals surface area contributed by atoms with Crippen LogP contribution in [0.25, 0.3) is 69.6 Å². The van der Waals surface area contributed by atoms with Crippen LogP contribution in [0.1, 0.15) is 5.56 Å². The molecule has 0 aliphatic heterocycles. The van der Waals surface area contributed by atoms with Gasteiger partial charge < -0.3 is 18.8 Å². The molecular formula is C55H37N3OS. The summed E-state index contributed by atoms with van der Waals surface area (Å²) in [7, 11) is 0. The number of fused-ring (bicyclic) bond motifs is 10. The van der Waals surface area contributed by atoms with Crippen molar-refractivity contribution < 1.29 is 4.42 Å². The Balaban J connectivity index is 1.05. The van der Waals surface area contributed by atoms with E-state index >= 15 is 0 Å². The molecule has 0 saturated heterocycles. The number of thiophene rings is 1. The van der Waals surface area contributed by atoms with Crippen LogP contribution in [0.2, 0.25) is 0 Å². The zero-order valence-corrected chi connectivity index (χ0v) is 33.6. The number of aryl methyl sites for hydroxylation is 1. The summed E-state index contributed by atoms with van der Waals surface area (Å²) >= 11 is 1.86. The molecule has 0 aliphatic carbocycles. The Bertz CT molecular complexity index is 3570. The van der Waals surface area contributed by atoms with E-state index in [-0.39, 0.29) is 0 Å². The first-order valence-electron chi connectivity index (χ1n) is 20.3. The van der Waals surface area contributed by atoms with Gasteiger partial charge in [0, 0.05) is 77.5 Å². The Morgan fingerprint density at radius 3 is 1.82 bits per heavy atom. The number of hydrogen-bond acceptors (Lipinski definition) is 4. The smallest absolute Gasteiger partial charge is 0.137 e. The first-order valence-corrected chi connectivity index (χ1v) is 21.2. The third-order valence-electron chi connectivity index (χ3n) is 11.9. The van der Waals surface area contributed by atoms with E-state index in [9.17, 15) is 0 Å². The summed E-state index contributed by atoms with van der Waals surface area (Å²) in [5.74, 6) is 0. The maximum atomic E-state index is 6.59. The molecule has 4 nitrogen and oxygen atoms in total. The highest BCUT2D eigenvalue weighted by Crippen LogP contribution is 2.47. The van der Waals surface area contributed by atoms with E-state index in [0.29, 0.717) is 0 Å². The van der Waals surface area contributed by atoms with Gasteiger partial charge in [-0.05, 0) is 108 Å². The first kappa shape index (κ1) is 34.4. The molecule has 60 heavy (non-hydrogen) atoms. The number of nitrogens with zero attached hydrogens (tertiary/aromatic N) is 3. The molecule has 5 heteroatoms. The van der Waals surface area contributed by atoms with Crippen LogP contribution in [0.5, 0.6) is 0 Å². The molecule has 0 saturated carbocycles. The number of furan rings is 1. The molecule has 284 valence electrons. The zero-order chi connectivity index (χ0) is 39.7. The van der Waals surface area contributed by atoms with Crippen LogP contribution < -0.4 is 9.80 Å². The van der Waals surface area contributed by atoms with Gasteiger partial charge in [0.25, 0.3) is 0 Å². The minimum atomic E-state index is 0.869. The van der Waals surface area contributed by atoms with Gasteiger partial charge in [0.05, 0.1) is 5.52 Å². The number of para-hydroxylation sites is 4. The van der Waals surface area contributed by atoms with Crippen LogP contribution in [0, 0.1) is 6.92 Å². The van der Waals surface area contributed by atoms with Crippen molar-refractivity contribution in [2.45, 2.75) is 6.92 Å². The van der Waals surface area contributed by atoms with Crippen molar-refractivity contribution in [2.75, 3.05) is 9.80 Å². The average molecular weight is 788 g/mol. The van der Waals surface area contributed by atoms with Gasteiger partial charge in [0.15, 0.2) is 0 Å². The van der Waals surface area contributed by atoms with Crippen LogP contribution in [-0.2, 0) is 0 Å². The second-order valence-electron chi connectivity index (χ2n) is 15.4. The minimum absolute atomic E-state index is 0.869. The number of hydrogen-bond donors (Lipinski definition) is 0. The zero-order valence-electron chi connectivity index (χ0n) is 32.8. The third kappa shape index (κ3) is 5.44. The predicted octanol–water partition coefficient (Wildman–Crippen LogP) is 16.3. The summed E-state index contributed by atoms with van der Waals surface area (Å²) in [5.41, 5.74) is 11.9. The van der Waals surface area contributed by atoms with E-state index in [1.807, 2.05) is 11.3 Å². The lowest BCUT2D eigenvalue weighted by Crippen LogP contribution is -2.10. The third-order valence-corrected chi connectivity index (χ3v) is 13.0. The summed E-state index contributed by atoms with van der Waals surface area (Å²) in [6.07, 6.45) is 0. The van der Waals surface area contributed by atoms with Gasteiger partial charge in [0.1, 0.15) is 16.0 Å². The Labute approximate surface area is 351 Å². The van der Waals surface area contributed by atoms with E-state index in [1.54, 1.807) is 0 Å². The van der Waals surface area contributed by atoms with Gasteiger partial charge in [-0.15, -0.1) is 11.3 Å². The lowest BCUT2D eigenvalue weighted by atomic mass is 10.0. The molecule has 12 rings (SSSR count). The molecule has 9 aromatic carbocycles. The topological polar surface area (TPSA) is 24.6 Å². The summed E-state index contributed by atoms with van der Waals surface area (Å²) < 4.78 is 10.3. The van der Waals surface area contributed by atoms with Gasteiger partial charge >= 0.3 is 0 Å². The van der Waals surface area contributed by atoms with Crippen LogP contribution in [0.4, 0.5) is 34.1 Å². The van der Waals surface area contributed by atoms with Gasteiger partial charge in [0.2, 0.25) is 0 Å². The molecule has 0 aliphatic rings. The highest BCUT2D eigenvalue weighted by atomic mass is 32.1. The summed E-state index contributed by atoms with van der Waals surface area (Å²) in [5, 5.41) is 8.45. The van der Waals surface area contributed by atoms with E-state index in [2.05, 4.69) is 228 Å². The molecule has 3 heterocycles. The normalized spacial score (nSPS) is 11.8. The standard InChI is InChI=1S/C55H37N3OS/c1-36-15-11-14-24-48(36)57(39-19-7-3-8-20-39)43-28-31-47-52(35-43)60-55-54(47)45-29-26-41(33-49(45)58(55)40-21-9-4-10-22-40)56(38-17-5-2-6-18-38)42-27-30-46-51(34-42)59-50-32-25-37-16-12-13-23-44(37)53(46)50/h2-35H,1H3.